The summed E-state index contributed by atoms with van der Waals surface area (Å²) >= 11 is 0. The molecule has 33 heavy (non-hydrogen) atoms. The van der Waals surface area contributed by atoms with Crippen LogP contribution in [0.25, 0.3) is 23.0 Å². The number of aryl methyl sites for hydroxylation is 2. The molecule has 0 unspecified atom stereocenters. The minimum Gasteiger partial charge on any atom is -0.415 e. The first-order chi connectivity index (χ1) is 15.9. The molecule has 0 atom stereocenters. The van der Waals surface area contributed by atoms with E-state index in [-0.39, 0.29) is 23.6 Å². The second kappa shape index (κ2) is 8.16. The van der Waals surface area contributed by atoms with Gasteiger partial charge in [0.05, 0.1) is 6.54 Å². The molecule has 8 nitrogen and oxygen atoms in total. The number of hydrogen-bond acceptors (Lipinski definition) is 5. The van der Waals surface area contributed by atoms with Gasteiger partial charge >= 0.3 is 6.03 Å². The Hall–Kier alpha value is -4.01. The highest BCUT2D eigenvalue weighted by Crippen LogP contribution is 2.31. The lowest BCUT2D eigenvalue weighted by Crippen LogP contribution is -2.39. The predicted molar refractivity (Wildman–Crippen MR) is 121 cm³/mol. The van der Waals surface area contributed by atoms with Crippen molar-refractivity contribution in [2.75, 3.05) is 11.9 Å². The average Bonchev–Trinajstić information content (AvgIpc) is 3.42. The summed E-state index contributed by atoms with van der Waals surface area (Å²) in [6, 6.07) is 11.5. The van der Waals surface area contributed by atoms with E-state index in [4.69, 9.17) is 4.42 Å². The Kier molecular flexibility index (Phi) is 5.16. The third-order valence-corrected chi connectivity index (χ3v) is 6.09. The fourth-order valence-corrected chi connectivity index (χ4v) is 4.05. The molecule has 0 aliphatic carbocycles. The summed E-state index contributed by atoms with van der Waals surface area (Å²) in [5.74, 6) is 0.212. The Morgan fingerprint density at radius 1 is 1.09 bits per heavy atom. The van der Waals surface area contributed by atoms with Crippen molar-refractivity contribution >= 4 is 11.7 Å². The van der Waals surface area contributed by atoms with E-state index in [0.717, 1.165) is 28.1 Å². The SMILES string of the molecule is Cc1cccc(NC(=O)N2CCc3c(c(-c4nnc(-c5ccc(F)cc5)o4)nn3C)C2)c1C. The molecular formula is C24H23FN6O2. The molecule has 0 fully saturated rings. The van der Waals surface area contributed by atoms with Gasteiger partial charge in [-0.2, -0.15) is 5.10 Å². The number of benzene rings is 2. The molecule has 1 aliphatic rings. The van der Waals surface area contributed by atoms with Crippen molar-refractivity contribution in [2.24, 2.45) is 7.05 Å². The van der Waals surface area contributed by atoms with Gasteiger partial charge in [0, 0.05) is 42.5 Å². The molecule has 2 aromatic carbocycles. The molecule has 0 bridgehead atoms. The molecule has 1 aliphatic heterocycles. The zero-order valence-electron chi connectivity index (χ0n) is 18.6. The highest BCUT2D eigenvalue weighted by atomic mass is 19.1. The minimum atomic E-state index is -0.337. The summed E-state index contributed by atoms with van der Waals surface area (Å²) < 4.78 is 20.9. The lowest BCUT2D eigenvalue weighted by molar-refractivity contribution is 0.206. The quantitative estimate of drug-likeness (QED) is 0.501. The largest absolute Gasteiger partial charge is 0.415 e. The number of urea groups is 1. The lowest BCUT2D eigenvalue weighted by Gasteiger charge is -2.28. The number of fused-ring (bicyclic) bond motifs is 1. The number of nitrogens with one attached hydrogen (secondary N) is 1. The molecule has 2 aromatic heterocycles. The Bertz CT molecular complexity index is 1340. The molecule has 4 aromatic rings. The van der Waals surface area contributed by atoms with Crippen LogP contribution in [0.2, 0.25) is 0 Å². The van der Waals surface area contributed by atoms with Crippen molar-refractivity contribution in [3.8, 4) is 23.0 Å². The van der Waals surface area contributed by atoms with Gasteiger partial charge in [0.2, 0.25) is 5.89 Å². The molecule has 0 saturated carbocycles. The summed E-state index contributed by atoms with van der Waals surface area (Å²) in [6.07, 6.45) is 0.665. The molecule has 0 spiro atoms. The van der Waals surface area contributed by atoms with Crippen LogP contribution in [0.1, 0.15) is 22.4 Å². The van der Waals surface area contributed by atoms with Crippen molar-refractivity contribution < 1.29 is 13.6 Å². The van der Waals surface area contributed by atoms with Crippen molar-refractivity contribution in [2.45, 2.75) is 26.8 Å². The van der Waals surface area contributed by atoms with Crippen LogP contribution >= 0.6 is 0 Å². The average molecular weight is 446 g/mol. The summed E-state index contributed by atoms with van der Waals surface area (Å²) in [5.41, 5.74) is 6.06. The molecular weight excluding hydrogens is 423 g/mol. The monoisotopic (exact) mass is 446 g/mol. The molecule has 0 saturated heterocycles. The lowest BCUT2D eigenvalue weighted by atomic mass is 10.1. The first-order valence-corrected chi connectivity index (χ1v) is 10.7. The Morgan fingerprint density at radius 3 is 2.64 bits per heavy atom. The van der Waals surface area contributed by atoms with Crippen molar-refractivity contribution in [1.29, 1.82) is 0 Å². The van der Waals surface area contributed by atoms with E-state index in [0.29, 0.717) is 30.8 Å². The Labute approximate surface area is 190 Å². The summed E-state index contributed by atoms with van der Waals surface area (Å²) in [7, 11) is 1.87. The van der Waals surface area contributed by atoms with Crippen LogP contribution in [0, 0.1) is 19.7 Å². The summed E-state index contributed by atoms with van der Waals surface area (Å²) in [6.45, 7) is 4.97. The van der Waals surface area contributed by atoms with Gasteiger partial charge in [0.15, 0.2) is 5.69 Å². The number of nitrogens with zero attached hydrogens (tertiary/aromatic N) is 5. The predicted octanol–water partition coefficient (Wildman–Crippen LogP) is 4.48. The van der Waals surface area contributed by atoms with Crippen LogP contribution in [0.3, 0.4) is 0 Å². The zero-order valence-corrected chi connectivity index (χ0v) is 18.6. The van der Waals surface area contributed by atoms with E-state index in [1.165, 1.54) is 12.1 Å². The van der Waals surface area contributed by atoms with Crippen LogP contribution in [-0.2, 0) is 20.0 Å². The number of carbonyl (C=O) groups is 1. The molecule has 0 radical (unpaired) electrons. The second-order valence-electron chi connectivity index (χ2n) is 8.17. The maximum absolute atomic E-state index is 13.2. The molecule has 1 N–H and O–H groups in total. The fraction of sp³-hybridized carbons (Fsp3) is 0.250. The normalized spacial score (nSPS) is 13.2. The van der Waals surface area contributed by atoms with E-state index in [9.17, 15) is 9.18 Å². The standard InChI is InChI=1S/C24H23FN6O2/c1-14-5-4-6-19(15(14)2)26-24(32)31-12-11-20-18(13-31)21(29-30(20)3)23-28-27-22(33-23)16-7-9-17(25)10-8-16/h4-10H,11-13H2,1-3H3,(H,26,32). The molecule has 3 heterocycles. The van der Waals surface area contributed by atoms with E-state index < -0.39 is 0 Å². The van der Waals surface area contributed by atoms with E-state index in [2.05, 4.69) is 20.6 Å². The van der Waals surface area contributed by atoms with Gasteiger partial charge in [0.1, 0.15) is 5.82 Å². The fourth-order valence-electron chi connectivity index (χ4n) is 4.05. The van der Waals surface area contributed by atoms with Gasteiger partial charge < -0.3 is 14.6 Å². The Morgan fingerprint density at radius 2 is 1.85 bits per heavy atom. The first kappa shape index (κ1) is 20.9. The van der Waals surface area contributed by atoms with Crippen molar-refractivity contribution in [3.63, 3.8) is 0 Å². The minimum absolute atomic E-state index is 0.165. The third kappa shape index (κ3) is 3.86. The smallest absolute Gasteiger partial charge is 0.322 e. The van der Waals surface area contributed by atoms with E-state index in [1.54, 1.807) is 21.7 Å². The number of amides is 2. The van der Waals surface area contributed by atoms with Crippen molar-refractivity contribution in [3.05, 3.63) is 70.7 Å². The van der Waals surface area contributed by atoms with E-state index >= 15 is 0 Å². The molecule has 5 rings (SSSR count). The highest BCUT2D eigenvalue weighted by molar-refractivity contribution is 5.90. The van der Waals surface area contributed by atoms with Gasteiger partial charge in [-0.25, -0.2) is 9.18 Å². The van der Waals surface area contributed by atoms with Crippen LogP contribution in [0.5, 0.6) is 0 Å². The second-order valence-corrected chi connectivity index (χ2v) is 8.17. The molecule has 168 valence electrons. The van der Waals surface area contributed by atoms with Crippen LogP contribution < -0.4 is 5.32 Å². The summed E-state index contributed by atoms with van der Waals surface area (Å²) in [5, 5.41) is 15.9. The number of anilines is 1. The number of carbonyl (C=O) groups excluding carboxylic acids is 1. The van der Waals surface area contributed by atoms with Crippen LogP contribution in [0.4, 0.5) is 14.9 Å². The number of halogens is 1. The number of hydrogen-bond donors (Lipinski definition) is 1. The van der Waals surface area contributed by atoms with Gasteiger partial charge in [-0.1, -0.05) is 12.1 Å². The highest BCUT2D eigenvalue weighted by Gasteiger charge is 2.29. The van der Waals surface area contributed by atoms with Gasteiger partial charge in [0.25, 0.3) is 5.89 Å². The molecule has 2 amide bonds. The maximum atomic E-state index is 13.2. The first-order valence-electron chi connectivity index (χ1n) is 10.7. The van der Waals surface area contributed by atoms with Gasteiger partial charge in [-0.15, -0.1) is 10.2 Å². The van der Waals surface area contributed by atoms with Crippen LogP contribution in [-0.4, -0.2) is 37.5 Å². The van der Waals surface area contributed by atoms with Crippen molar-refractivity contribution in [1.82, 2.24) is 24.9 Å². The topological polar surface area (TPSA) is 89.1 Å². The van der Waals surface area contributed by atoms with Crippen LogP contribution in [0.15, 0.2) is 46.9 Å². The zero-order chi connectivity index (χ0) is 23.1. The van der Waals surface area contributed by atoms with Gasteiger partial charge in [-0.3, -0.25) is 4.68 Å². The van der Waals surface area contributed by atoms with Gasteiger partial charge in [-0.05, 0) is 55.3 Å². The third-order valence-electron chi connectivity index (χ3n) is 6.09. The molecule has 9 heteroatoms. The summed E-state index contributed by atoms with van der Waals surface area (Å²) in [4.78, 5) is 14.8. The maximum Gasteiger partial charge on any atom is 0.322 e. The van der Waals surface area contributed by atoms with E-state index in [1.807, 2.05) is 39.1 Å². The number of aromatic nitrogens is 4. The number of rotatable bonds is 3. The Balaban J connectivity index is 1.40.